The summed E-state index contributed by atoms with van der Waals surface area (Å²) >= 11 is 1.22. The maximum Gasteiger partial charge on any atom is 0.337 e. The lowest BCUT2D eigenvalue weighted by atomic mass is 10.2. The molecule has 8 heteroatoms. The Bertz CT molecular complexity index is 793. The Kier molecular flexibility index (Phi) is 3.98. The molecule has 0 aromatic carbocycles. The number of carboxylic acids is 1. The van der Waals surface area contributed by atoms with Crippen LogP contribution in [-0.4, -0.2) is 24.5 Å². The van der Waals surface area contributed by atoms with Gasteiger partial charge in [0, 0.05) is 6.20 Å². The third-order valence-corrected chi connectivity index (χ3v) is 6.35. The van der Waals surface area contributed by atoms with Gasteiger partial charge in [0.05, 0.1) is 17.8 Å². The van der Waals surface area contributed by atoms with Crippen LogP contribution in [0.5, 0.6) is 0 Å². The Hall–Kier alpha value is -1.77. The molecule has 0 spiro atoms. The molecule has 0 saturated heterocycles. The minimum Gasteiger partial charge on any atom is -0.478 e. The van der Waals surface area contributed by atoms with Gasteiger partial charge < -0.3 is 5.11 Å². The molecule has 3 rings (SSSR count). The maximum atomic E-state index is 12.4. The number of pyridine rings is 1. The van der Waals surface area contributed by atoms with Crippen LogP contribution >= 0.6 is 11.3 Å². The molecule has 0 aliphatic heterocycles. The van der Waals surface area contributed by atoms with Gasteiger partial charge in [-0.25, -0.2) is 17.9 Å². The summed E-state index contributed by atoms with van der Waals surface area (Å²) < 4.78 is 27.6. The fraction of sp³-hybridized carbons (Fsp3) is 0.286. The van der Waals surface area contributed by atoms with Gasteiger partial charge in [-0.1, -0.05) is 0 Å². The number of aromatic carboxylic acids is 1. The third kappa shape index (κ3) is 3.18. The van der Waals surface area contributed by atoms with Crippen molar-refractivity contribution < 1.29 is 18.3 Å². The number of carboxylic acid groups (broad SMARTS) is 1. The van der Waals surface area contributed by atoms with Crippen molar-refractivity contribution in [2.75, 3.05) is 0 Å². The highest BCUT2D eigenvalue weighted by Crippen LogP contribution is 2.44. The van der Waals surface area contributed by atoms with E-state index >= 15 is 0 Å². The monoisotopic (exact) mass is 338 g/mol. The summed E-state index contributed by atoms with van der Waals surface area (Å²) in [6.07, 6.45) is 3.29. The van der Waals surface area contributed by atoms with Crippen LogP contribution in [0.15, 0.2) is 34.0 Å². The highest BCUT2D eigenvalue weighted by atomic mass is 32.2. The second-order valence-corrected chi connectivity index (χ2v) is 7.98. The Labute approximate surface area is 131 Å². The van der Waals surface area contributed by atoms with Crippen molar-refractivity contribution in [3.63, 3.8) is 0 Å². The molecule has 0 amide bonds. The number of nitrogens with one attached hydrogen (secondary N) is 1. The molecule has 0 unspecified atom stereocenters. The quantitative estimate of drug-likeness (QED) is 0.842. The van der Waals surface area contributed by atoms with Crippen molar-refractivity contribution in [2.45, 2.75) is 29.5 Å². The van der Waals surface area contributed by atoms with Crippen LogP contribution in [-0.2, 0) is 16.6 Å². The lowest BCUT2D eigenvalue weighted by Crippen LogP contribution is -2.23. The standard InChI is InChI=1S/C14H14N2O4S2/c17-13(18)10-3-4-11(15-7-10)8-16-22(19,20)14-12(5-6-21-14)9-1-2-9/h3-7,9,16H,1-2,8H2,(H,17,18). The Balaban J connectivity index is 1.72. The molecular formula is C14H14N2O4S2. The van der Waals surface area contributed by atoms with E-state index in [1.807, 2.05) is 6.07 Å². The largest absolute Gasteiger partial charge is 0.478 e. The van der Waals surface area contributed by atoms with Gasteiger partial charge in [0.2, 0.25) is 0 Å². The minimum absolute atomic E-state index is 0.0320. The summed E-state index contributed by atoms with van der Waals surface area (Å²) in [7, 11) is -3.57. The van der Waals surface area contributed by atoms with Crippen LogP contribution in [0.2, 0.25) is 0 Å². The van der Waals surface area contributed by atoms with Crippen molar-refractivity contribution in [3.05, 3.63) is 46.6 Å². The third-order valence-electron chi connectivity index (χ3n) is 3.43. The Morgan fingerprint density at radius 2 is 2.14 bits per heavy atom. The van der Waals surface area contributed by atoms with Gasteiger partial charge in [0.1, 0.15) is 4.21 Å². The number of carbonyl (C=O) groups is 1. The minimum atomic E-state index is -3.57. The van der Waals surface area contributed by atoms with Gasteiger partial charge in [-0.05, 0) is 47.9 Å². The first-order chi connectivity index (χ1) is 10.5. The van der Waals surface area contributed by atoms with Gasteiger partial charge in [0.15, 0.2) is 0 Å². The predicted molar refractivity (Wildman–Crippen MR) is 81.5 cm³/mol. The molecule has 2 heterocycles. The van der Waals surface area contributed by atoms with Crippen LogP contribution in [0.4, 0.5) is 0 Å². The van der Waals surface area contributed by atoms with Crippen LogP contribution in [0, 0.1) is 0 Å². The zero-order chi connectivity index (χ0) is 15.7. The molecule has 1 fully saturated rings. The fourth-order valence-electron chi connectivity index (χ4n) is 2.11. The highest BCUT2D eigenvalue weighted by molar-refractivity contribution is 7.91. The van der Waals surface area contributed by atoms with Crippen molar-refractivity contribution in [1.82, 2.24) is 9.71 Å². The van der Waals surface area contributed by atoms with E-state index in [1.165, 1.54) is 29.7 Å². The molecular weight excluding hydrogens is 324 g/mol. The van der Waals surface area contributed by atoms with Gasteiger partial charge in [-0.2, -0.15) is 0 Å². The number of nitrogens with zero attached hydrogens (tertiary/aromatic N) is 1. The summed E-state index contributed by atoms with van der Waals surface area (Å²) in [6, 6.07) is 4.78. The molecule has 0 atom stereocenters. The molecule has 1 saturated carbocycles. The first kappa shape index (κ1) is 15.1. The molecule has 2 aromatic rings. The molecule has 2 aromatic heterocycles. The lowest BCUT2D eigenvalue weighted by molar-refractivity contribution is 0.0696. The van der Waals surface area contributed by atoms with Gasteiger partial charge in [-0.15, -0.1) is 11.3 Å². The summed E-state index contributed by atoms with van der Waals surface area (Å²) in [5, 5.41) is 10.6. The van der Waals surface area contributed by atoms with Gasteiger partial charge >= 0.3 is 5.97 Å². The Morgan fingerprint density at radius 1 is 1.36 bits per heavy atom. The molecule has 0 radical (unpaired) electrons. The first-order valence-corrected chi connectivity index (χ1v) is 9.09. The van der Waals surface area contributed by atoms with Crippen molar-refractivity contribution in [1.29, 1.82) is 0 Å². The van der Waals surface area contributed by atoms with Crippen molar-refractivity contribution in [3.8, 4) is 0 Å². The van der Waals surface area contributed by atoms with E-state index in [0.717, 1.165) is 18.4 Å². The molecule has 0 bridgehead atoms. The number of sulfonamides is 1. The van der Waals surface area contributed by atoms with E-state index in [4.69, 9.17) is 5.11 Å². The number of rotatable bonds is 6. The number of hydrogen-bond donors (Lipinski definition) is 2. The van der Waals surface area contributed by atoms with E-state index in [2.05, 4.69) is 9.71 Å². The zero-order valence-corrected chi connectivity index (χ0v) is 13.2. The topological polar surface area (TPSA) is 96.4 Å². The van der Waals surface area contributed by atoms with Crippen LogP contribution in [0.3, 0.4) is 0 Å². The summed E-state index contributed by atoms with van der Waals surface area (Å²) in [4.78, 5) is 14.7. The molecule has 1 aliphatic carbocycles. The SMILES string of the molecule is O=C(O)c1ccc(CNS(=O)(=O)c2sccc2C2CC2)nc1. The number of aromatic nitrogens is 1. The molecule has 2 N–H and O–H groups in total. The Morgan fingerprint density at radius 3 is 2.73 bits per heavy atom. The second kappa shape index (κ2) is 5.79. The van der Waals surface area contributed by atoms with Gasteiger partial charge in [0.25, 0.3) is 10.0 Å². The lowest BCUT2D eigenvalue weighted by Gasteiger charge is -2.07. The average Bonchev–Trinajstić information content (AvgIpc) is 3.22. The summed E-state index contributed by atoms with van der Waals surface area (Å²) in [5.41, 5.74) is 1.44. The van der Waals surface area contributed by atoms with Gasteiger partial charge in [-0.3, -0.25) is 4.98 Å². The number of hydrogen-bond acceptors (Lipinski definition) is 5. The van der Waals surface area contributed by atoms with E-state index in [1.54, 1.807) is 5.38 Å². The summed E-state index contributed by atoms with van der Waals surface area (Å²) in [6.45, 7) is 0.0320. The molecule has 6 nitrogen and oxygen atoms in total. The van der Waals surface area contributed by atoms with E-state index in [-0.39, 0.29) is 12.1 Å². The smallest absolute Gasteiger partial charge is 0.337 e. The normalized spacial score (nSPS) is 14.9. The maximum absolute atomic E-state index is 12.4. The second-order valence-electron chi connectivity index (χ2n) is 5.11. The van der Waals surface area contributed by atoms with Crippen LogP contribution in [0.1, 0.15) is 40.4 Å². The molecule has 116 valence electrons. The number of thiophene rings is 1. The average molecular weight is 338 g/mol. The van der Waals surface area contributed by atoms with E-state index in [0.29, 0.717) is 15.8 Å². The van der Waals surface area contributed by atoms with Crippen LogP contribution in [0.25, 0.3) is 0 Å². The molecule has 1 aliphatic rings. The predicted octanol–water partition coefficient (Wildman–Crippen LogP) is 2.20. The highest BCUT2D eigenvalue weighted by Gasteiger charge is 2.31. The summed E-state index contributed by atoms with van der Waals surface area (Å²) in [5.74, 6) is -0.696. The van der Waals surface area contributed by atoms with E-state index < -0.39 is 16.0 Å². The van der Waals surface area contributed by atoms with Crippen molar-refractivity contribution >= 4 is 27.3 Å². The van der Waals surface area contributed by atoms with Crippen molar-refractivity contribution in [2.24, 2.45) is 0 Å². The fourth-order valence-corrected chi connectivity index (χ4v) is 4.68. The molecule has 22 heavy (non-hydrogen) atoms. The van der Waals surface area contributed by atoms with Crippen LogP contribution < -0.4 is 4.72 Å². The first-order valence-electron chi connectivity index (χ1n) is 6.72. The van der Waals surface area contributed by atoms with E-state index in [9.17, 15) is 13.2 Å². The zero-order valence-electron chi connectivity index (χ0n) is 11.5.